The van der Waals surface area contributed by atoms with Gasteiger partial charge in [-0.25, -0.2) is 0 Å². The average Bonchev–Trinajstić information content (AvgIpc) is 2.83. The number of fused-ring (bicyclic) bond motifs is 1. The van der Waals surface area contributed by atoms with Crippen LogP contribution in [0.25, 0.3) is 10.9 Å². The fourth-order valence-corrected chi connectivity index (χ4v) is 3.63. The highest BCUT2D eigenvalue weighted by Gasteiger charge is 2.09. The highest BCUT2D eigenvalue weighted by atomic mass is 79.9. The largest absolute Gasteiger partial charge is 0.324 e. The minimum atomic E-state index is 0.0233. The molecule has 1 unspecified atom stereocenters. The summed E-state index contributed by atoms with van der Waals surface area (Å²) in [5.41, 5.74) is 8.47. The summed E-state index contributed by atoms with van der Waals surface area (Å²) in [7, 11) is 0. The van der Waals surface area contributed by atoms with E-state index in [0.717, 1.165) is 27.4 Å². The van der Waals surface area contributed by atoms with Crippen molar-refractivity contribution in [2.75, 3.05) is 0 Å². The van der Waals surface area contributed by atoms with Crippen LogP contribution in [-0.2, 0) is 6.42 Å². The summed E-state index contributed by atoms with van der Waals surface area (Å²) in [5, 5.41) is 3.23. The summed E-state index contributed by atoms with van der Waals surface area (Å²) in [6.45, 7) is 0. The Balaban J connectivity index is 1.86. The molecule has 3 rings (SSSR count). The lowest BCUT2D eigenvalue weighted by atomic mass is 10.0. The average molecular weight is 333 g/mol. The number of nitrogens with zero attached hydrogens (tertiary/aromatic N) is 1. The van der Waals surface area contributed by atoms with Crippen LogP contribution >= 0.6 is 27.3 Å². The van der Waals surface area contributed by atoms with E-state index < -0.39 is 0 Å². The number of rotatable bonds is 3. The third kappa shape index (κ3) is 2.86. The maximum Gasteiger partial charge on any atom is 0.0702 e. The van der Waals surface area contributed by atoms with Crippen LogP contribution < -0.4 is 5.73 Å². The molecular formula is C15H13BrN2S. The number of nitrogens with two attached hydrogens (primary N) is 1. The molecule has 0 bridgehead atoms. The van der Waals surface area contributed by atoms with E-state index in [-0.39, 0.29) is 6.04 Å². The predicted molar refractivity (Wildman–Crippen MR) is 84.4 cm³/mol. The lowest BCUT2D eigenvalue weighted by Gasteiger charge is -2.11. The minimum Gasteiger partial charge on any atom is -0.324 e. The molecule has 0 amide bonds. The topological polar surface area (TPSA) is 38.9 Å². The smallest absolute Gasteiger partial charge is 0.0702 e. The second-order valence-corrected chi connectivity index (χ2v) is 6.41. The minimum absolute atomic E-state index is 0.0233. The Hall–Kier alpha value is -1.23. The van der Waals surface area contributed by atoms with Crippen molar-refractivity contribution in [2.24, 2.45) is 5.73 Å². The van der Waals surface area contributed by atoms with Crippen molar-refractivity contribution >= 4 is 38.2 Å². The van der Waals surface area contributed by atoms with Gasteiger partial charge in [0.05, 0.1) is 5.52 Å². The van der Waals surface area contributed by atoms with Crippen molar-refractivity contribution in [1.29, 1.82) is 0 Å². The first-order chi connectivity index (χ1) is 9.22. The van der Waals surface area contributed by atoms with E-state index in [1.165, 1.54) is 4.88 Å². The molecule has 1 atom stereocenters. The van der Waals surface area contributed by atoms with Crippen molar-refractivity contribution in [1.82, 2.24) is 4.98 Å². The van der Waals surface area contributed by atoms with Gasteiger partial charge in [0.25, 0.3) is 0 Å². The van der Waals surface area contributed by atoms with Crippen LogP contribution in [0.3, 0.4) is 0 Å². The molecule has 0 saturated carbocycles. The van der Waals surface area contributed by atoms with E-state index in [4.69, 9.17) is 5.73 Å². The zero-order chi connectivity index (χ0) is 13.2. The molecule has 0 spiro atoms. The molecule has 19 heavy (non-hydrogen) atoms. The first-order valence-electron chi connectivity index (χ1n) is 6.05. The molecule has 3 aromatic rings. The number of hydrogen-bond donors (Lipinski definition) is 1. The summed E-state index contributed by atoms with van der Waals surface area (Å²) in [6.07, 6.45) is 2.67. The summed E-state index contributed by atoms with van der Waals surface area (Å²) < 4.78 is 1.13. The highest BCUT2D eigenvalue weighted by molar-refractivity contribution is 9.10. The van der Waals surface area contributed by atoms with E-state index >= 15 is 0 Å². The van der Waals surface area contributed by atoms with Crippen molar-refractivity contribution in [3.8, 4) is 0 Å². The van der Waals surface area contributed by atoms with Crippen LogP contribution in [-0.4, -0.2) is 4.98 Å². The number of aromatic nitrogens is 1. The number of hydrogen-bond acceptors (Lipinski definition) is 3. The van der Waals surface area contributed by atoms with Gasteiger partial charge in [-0.15, -0.1) is 11.3 Å². The number of thiophene rings is 1. The molecule has 96 valence electrons. The standard InChI is InChI=1S/C15H13BrN2S/c16-12-7-13(19-9-12)8-14(17)10-3-4-15-11(6-10)2-1-5-18-15/h1-7,9,14H,8,17H2. The van der Waals surface area contributed by atoms with Crippen LogP contribution in [0.1, 0.15) is 16.5 Å². The SMILES string of the molecule is NC(Cc1cc(Br)cs1)c1ccc2ncccc2c1. The van der Waals surface area contributed by atoms with Gasteiger partial charge in [-0.3, -0.25) is 4.98 Å². The molecule has 0 fully saturated rings. The van der Waals surface area contributed by atoms with E-state index in [1.54, 1.807) is 11.3 Å². The van der Waals surface area contributed by atoms with Gasteiger partial charge in [-0.2, -0.15) is 0 Å². The Bertz CT molecular complexity index is 708. The summed E-state index contributed by atoms with van der Waals surface area (Å²) in [5.74, 6) is 0. The van der Waals surface area contributed by atoms with Gasteiger partial charge in [-0.05, 0) is 45.8 Å². The molecule has 0 aliphatic rings. The fraction of sp³-hybridized carbons (Fsp3) is 0.133. The third-order valence-electron chi connectivity index (χ3n) is 3.10. The summed E-state index contributed by atoms with van der Waals surface area (Å²) in [4.78, 5) is 5.62. The van der Waals surface area contributed by atoms with Gasteiger partial charge in [0.1, 0.15) is 0 Å². The molecular weight excluding hydrogens is 320 g/mol. The van der Waals surface area contributed by atoms with Gasteiger partial charge in [0, 0.05) is 38.8 Å². The molecule has 2 aromatic heterocycles. The number of benzene rings is 1. The summed E-state index contributed by atoms with van der Waals surface area (Å²) in [6, 6.07) is 12.4. The van der Waals surface area contributed by atoms with Crippen LogP contribution in [0.4, 0.5) is 0 Å². The van der Waals surface area contributed by atoms with Crippen molar-refractivity contribution in [2.45, 2.75) is 12.5 Å². The molecule has 2 nitrogen and oxygen atoms in total. The van der Waals surface area contributed by atoms with E-state index in [1.807, 2.05) is 18.3 Å². The van der Waals surface area contributed by atoms with E-state index in [9.17, 15) is 0 Å². The second kappa shape index (κ2) is 5.41. The van der Waals surface area contributed by atoms with Gasteiger partial charge in [-0.1, -0.05) is 12.1 Å². The number of pyridine rings is 1. The Morgan fingerprint density at radius 2 is 2.16 bits per heavy atom. The third-order valence-corrected chi connectivity index (χ3v) is 4.82. The molecule has 2 heterocycles. The monoisotopic (exact) mass is 332 g/mol. The molecule has 0 radical (unpaired) electrons. The maximum absolute atomic E-state index is 6.30. The van der Waals surface area contributed by atoms with Crippen LogP contribution in [0.15, 0.2) is 52.4 Å². The maximum atomic E-state index is 6.30. The fourth-order valence-electron chi connectivity index (χ4n) is 2.12. The van der Waals surface area contributed by atoms with Crippen LogP contribution in [0.2, 0.25) is 0 Å². The van der Waals surface area contributed by atoms with Crippen molar-refractivity contribution in [3.05, 3.63) is 62.9 Å². The van der Waals surface area contributed by atoms with Gasteiger partial charge in [0.15, 0.2) is 0 Å². The zero-order valence-electron chi connectivity index (χ0n) is 10.2. The Morgan fingerprint density at radius 3 is 2.95 bits per heavy atom. The van der Waals surface area contributed by atoms with E-state index in [0.29, 0.717) is 0 Å². The normalized spacial score (nSPS) is 12.7. The molecule has 0 saturated heterocycles. The predicted octanol–water partition coefficient (Wildman–Crippen LogP) is 4.30. The number of halogens is 1. The van der Waals surface area contributed by atoms with Gasteiger partial charge in [0.2, 0.25) is 0 Å². The van der Waals surface area contributed by atoms with Gasteiger partial charge < -0.3 is 5.73 Å². The zero-order valence-corrected chi connectivity index (χ0v) is 12.6. The van der Waals surface area contributed by atoms with Crippen molar-refractivity contribution < 1.29 is 0 Å². The van der Waals surface area contributed by atoms with Crippen LogP contribution in [0, 0.1) is 0 Å². The van der Waals surface area contributed by atoms with Crippen LogP contribution in [0.5, 0.6) is 0 Å². The lowest BCUT2D eigenvalue weighted by Crippen LogP contribution is -2.12. The first kappa shape index (κ1) is 12.8. The summed E-state index contributed by atoms with van der Waals surface area (Å²) >= 11 is 5.21. The molecule has 0 aliphatic carbocycles. The Kier molecular flexibility index (Phi) is 3.64. The highest BCUT2D eigenvalue weighted by Crippen LogP contribution is 2.25. The molecule has 0 aliphatic heterocycles. The Morgan fingerprint density at radius 1 is 1.26 bits per heavy atom. The van der Waals surface area contributed by atoms with E-state index in [2.05, 4.69) is 50.6 Å². The Labute approximate surface area is 124 Å². The molecule has 4 heteroatoms. The first-order valence-corrected chi connectivity index (χ1v) is 7.73. The lowest BCUT2D eigenvalue weighted by molar-refractivity contribution is 0.731. The molecule has 1 aromatic carbocycles. The second-order valence-electron chi connectivity index (χ2n) is 4.50. The van der Waals surface area contributed by atoms with Crippen molar-refractivity contribution in [3.63, 3.8) is 0 Å². The molecule has 2 N–H and O–H groups in total. The quantitative estimate of drug-likeness (QED) is 0.776. The van der Waals surface area contributed by atoms with Gasteiger partial charge >= 0.3 is 0 Å².